The summed E-state index contributed by atoms with van der Waals surface area (Å²) >= 11 is 0. The molecule has 0 bridgehead atoms. The van der Waals surface area contributed by atoms with Crippen molar-refractivity contribution in [1.82, 2.24) is 10.3 Å². The maximum absolute atomic E-state index is 10.8. The highest BCUT2D eigenvalue weighted by molar-refractivity contribution is 5.78. The molecule has 0 aliphatic carbocycles. The molecule has 1 aliphatic rings. The van der Waals surface area contributed by atoms with Crippen LogP contribution >= 0.6 is 0 Å². The summed E-state index contributed by atoms with van der Waals surface area (Å²) in [4.78, 5) is 14.7. The Bertz CT molecular complexity index is 255. The van der Waals surface area contributed by atoms with Gasteiger partial charge in [-0.1, -0.05) is 0 Å². The molecule has 1 aromatic heterocycles. The fourth-order valence-corrected chi connectivity index (χ4v) is 1.21. The van der Waals surface area contributed by atoms with Gasteiger partial charge in [-0.25, -0.2) is 4.98 Å². The first-order chi connectivity index (χ1) is 5.36. The molecule has 1 saturated heterocycles. The third-order valence-electron chi connectivity index (χ3n) is 1.74. The monoisotopic (exact) mass is 152 g/mol. The number of carbonyl (C=O) groups is 1. The Labute approximate surface area is 63.6 Å². The highest BCUT2D eigenvalue weighted by Crippen LogP contribution is 2.21. The van der Waals surface area contributed by atoms with Crippen LogP contribution < -0.4 is 5.32 Å². The van der Waals surface area contributed by atoms with Crippen LogP contribution in [0.4, 0.5) is 0 Å². The molecule has 0 saturated carbocycles. The van der Waals surface area contributed by atoms with Crippen LogP contribution in [0.25, 0.3) is 0 Å². The molecular weight excluding hydrogens is 144 g/mol. The fraction of sp³-hybridized carbons (Fsp3) is 0.429. The Kier molecular flexibility index (Phi) is 1.38. The minimum absolute atomic E-state index is 0.00231. The van der Waals surface area contributed by atoms with Crippen LogP contribution in [-0.4, -0.2) is 10.9 Å². The lowest BCUT2D eigenvalue weighted by molar-refractivity contribution is -0.119. The predicted octanol–water partition coefficient (Wildman–Crippen LogP) is 0.626. The average Bonchev–Trinajstić information content (AvgIpc) is 2.55. The first-order valence-electron chi connectivity index (χ1n) is 3.55. The first kappa shape index (κ1) is 6.39. The van der Waals surface area contributed by atoms with Crippen molar-refractivity contribution < 1.29 is 9.21 Å². The minimum Gasteiger partial charge on any atom is -0.447 e. The van der Waals surface area contributed by atoms with E-state index in [2.05, 4.69) is 10.3 Å². The van der Waals surface area contributed by atoms with Gasteiger partial charge >= 0.3 is 0 Å². The zero-order chi connectivity index (χ0) is 7.68. The molecule has 4 nitrogen and oxygen atoms in total. The molecule has 0 aromatic carbocycles. The van der Waals surface area contributed by atoms with E-state index in [-0.39, 0.29) is 11.9 Å². The van der Waals surface area contributed by atoms with Gasteiger partial charge < -0.3 is 9.73 Å². The van der Waals surface area contributed by atoms with Crippen LogP contribution in [0.3, 0.4) is 0 Å². The van der Waals surface area contributed by atoms with Gasteiger partial charge in [-0.05, 0) is 6.42 Å². The molecule has 1 fully saturated rings. The Morgan fingerprint density at radius 3 is 3.18 bits per heavy atom. The van der Waals surface area contributed by atoms with Crippen LogP contribution in [0.5, 0.6) is 0 Å². The number of carbonyl (C=O) groups excluding carboxylic acids is 1. The van der Waals surface area contributed by atoms with E-state index in [4.69, 9.17) is 4.42 Å². The van der Waals surface area contributed by atoms with Gasteiger partial charge in [0.2, 0.25) is 11.8 Å². The van der Waals surface area contributed by atoms with Crippen LogP contribution in [0.2, 0.25) is 0 Å². The minimum atomic E-state index is -0.00231. The SMILES string of the molecule is O=C1CCC(c2ncco2)N1. The van der Waals surface area contributed by atoms with E-state index in [1.54, 1.807) is 6.20 Å². The highest BCUT2D eigenvalue weighted by Gasteiger charge is 2.25. The largest absolute Gasteiger partial charge is 0.447 e. The van der Waals surface area contributed by atoms with Gasteiger partial charge in [-0.3, -0.25) is 4.79 Å². The van der Waals surface area contributed by atoms with Crippen molar-refractivity contribution in [2.24, 2.45) is 0 Å². The number of oxazole rings is 1. The van der Waals surface area contributed by atoms with Gasteiger partial charge in [0.15, 0.2) is 0 Å². The quantitative estimate of drug-likeness (QED) is 0.642. The van der Waals surface area contributed by atoms with Gasteiger partial charge in [0.05, 0.1) is 6.20 Å². The third-order valence-corrected chi connectivity index (χ3v) is 1.74. The Morgan fingerprint density at radius 1 is 1.73 bits per heavy atom. The van der Waals surface area contributed by atoms with Crippen molar-refractivity contribution in [1.29, 1.82) is 0 Å². The lowest BCUT2D eigenvalue weighted by Gasteiger charge is -2.02. The predicted molar refractivity (Wildman–Crippen MR) is 36.6 cm³/mol. The lowest BCUT2D eigenvalue weighted by atomic mass is 10.2. The molecule has 1 amide bonds. The van der Waals surface area contributed by atoms with E-state index in [1.165, 1.54) is 6.26 Å². The van der Waals surface area contributed by atoms with Crippen molar-refractivity contribution in [2.75, 3.05) is 0 Å². The zero-order valence-electron chi connectivity index (χ0n) is 5.91. The van der Waals surface area contributed by atoms with Gasteiger partial charge in [-0.2, -0.15) is 0 Å². The number of amides is 1. The van der Waals surface area contributed by atoms with Crippen LogP contribution in [0.1, 0.15) is 24.8 Å². The second-order valence-electron chi connectivity index (χ2n) is 2.53. The molecule has 2 heterocycles. The van der Waals surface area contributed by atoms with Gasteiger partial charge in [0.25, 0.3) is 0 Å². The van der Waals surface area contributed by atoms with Gasteiger partial charge in [0.1, 0.15) is 12.3 Å². The highest BCUT2D eigenvalue weighted by atomic mass is 16.3. The Morgan fingerprint density at radius 2 is 2.64 bits per heavy atom. The van der Waals surface area contributed by atoms with Gasteiger partial charge in [0, 0.05) is 6.42 Å². The molecular formula is C7H8N2O2. The smallest absolute Gasteiger partial charge is 0.220 e. The summed E-state index contributed by atoms with van der Waals surface area (Å²) in [5.41, 5.74) is 0. The molecule has 2 rings (SSSR count). The van der Waals surface area contributed by atoms with E-state index in [0.717, 1.165) is 6.42 Å². The molecule has 0 spiro atoms. The van der Waals surface area contributed by atoms with E-state index in [9.17, 15) is 4.79 Å². The summed E-state index contributed by atoms with van der Waals surface area (Å²) in [6.45, 7) is 0. The maximum atomic E-state index is 10.8. The second-order valence-corrected chi connectivity index (χ2v) is 2.53. The van der Waals surface area contributed by atoms with Crippen molar-refractivity contribution >= 4 is 5.91 Å². The van der Waals surface area contributed by atoms with Crippen molar-refractivity contribution in [3.63, 3.8) is 0 Å². The molecule has 4 heteroatoms. The first-order valence-corrected chi connectivity index (χ1v) is 3.55. The summed E-state index contributed by atoms with van der Waals surface area (Å²) in [7, 11) is 0. The third kappa shape index (κ3) is 1.11. The number of hydrogen-bond acceptors (Lipinski definition) is 3. The summed E-state index contributed by atoms with van der Waals surface area (Å²) in [5.74, 6) is 0.684. The summed E-state index contributed by atoms with van der Waals surface area (Å²) < 4.78 is 5.04. The number of nitrogens with zero attached hydrogens (tertiary/aromatic N) is 1. The van der Waals surface area contributed by atoms with Crippen LogP contribution in [-0.2, 0) is 4.79 Å². The zero-order valence-corrected chi connectivity index (χ0v) is 5.91. The van der Waals surface area contributed by atoms with Crippen molar-refractivity contribution in [3.05, 3.63) is 18.4 Å². The van der Waals surface area contributed by atoms with E-state index in [0.29, 0.717) is 12.3 Å². The molecule has 0 radical (unpaired) electrons. The summed E-state index contributed by atoms with van der Waals surface area (Å²) in [6.07, 6.45) is 4.46. The van der Waals surface area contributed by atoms with Crippen LogP contribution in [0.15, 0.2) is 16.9 Å². The summed E-state index contributed by atoms with van der Waals surface area (Å²) in [6, 6.07) is -0.00231. The van der Waals surface area contributed by atoms with Crippen molar-refractivity contribution in [3.8, 4) is 0 Å². The van der Waals surface area contributed by atoms with E-state index >= 15 is 0 Å². The Hall–Kier alpha value is -1.32. The number of rotatable bonds is 1. The average molecular weight is 152 g/mol. The normalized spacial score (nSPS) is 23.6. The molecule has 1 aliphatic heterocycles. The molecule has 1 aromatic rings. The van der Waals surface area contributed by atoms with Crippen LogP contribution in [0, 0.1) is 0 Å². The standard InChI is InChI=1S/C7H8N2O2/c10-6-2-1-5(9-6)7-8-3-4-11-7/h3-5H,1-2H2,(H,9,10). The Balaban J connectivity index is 2.13. The molecule has 58 valence electrons. The molecule has 1 N–H and O–H groups in total. The van der Waals surface area contributed by atoms with Gasteiger partial charge in [-0.15, -0.1) is 0 Å². The molecule has 11 heavy (non-hydrogen) atoms. The number of hydrogen-bond donors (Lipinski definition) is 1. The number of nitrogens with one attached hydrogen (secondary N) is 1. The number of aromatic nitrogens is 1. The second kappa shape index (κ2) is 2.38. The van der Waals surface area contributed by atoms with E-state index in [1.807, 2.05) is 0 Å². The topological polar surface area (TPSA) is 55.1 Å². The fourth-order valence-electron chi connectivity index (χ4n) is 1.21. The molecule has 1 atom stereocenters. The maximum Gasteiger partial charge on any atom is 0.220 e. The van der Waals surface area contributed by atoms with Crippen molar-refractivity contribution in [2.45, 2.75) is 18.9 Å². The van der Waals surface area contributed by atoms with E-state index < -0.39 is 0 Å². The summed E-state index contributed by atoms with van der Waals surface area (Å²) in [5, 5.41) is 2.76. The lowest BCUT2D eigenvalue weighted by Crippen LogP contribution is -2.18. The molecule has 1 unspecified atom stereocenters.